The van der Waals surface area contributed by atoms with Gasteiger partial charge in [-0.05, 0) is 18.6 Å². The van der Waals surface area contributed by atoms with E-state index in [0.29, 0.717) is 6.54 Å². The lowest BCUT2D eigenvalue weighted by atomic mass is 10.3. The number of hydrogen-bond donors (Lipinski definition) is 1. The summed E-state index contributed by atoms with van der Waals surface area (Å²) in [5.41, 5.74) is 0.954. The van der Waals surface area contributed by atoms with E-state index in [0.717, 1.165) is 15.7 Å². The fourth-order valence-corrected chi connectivity index (χ4v) is 1.99. The van der Waals surface area contributed by atoms with Crippen LogP contribution in [0.5, 0.6) is 0 Å². The van der Waals surface area contributed by atoms with Crippen LogP contribution in [-0.2, 0) is 6.54 Å². The summed E-state index contributed by atoms with van der Waals surface area (Å²) < 4.78 is 1.62. The molecule has 2 heterocycles. The maximum atomic E-state index is 11.6. The normalized spacial score (nSPS) is 10.4. The summed E-state index contributed by atoms with van der Waals surface area (Å²) in [7, 11) is 1.79. The van der Waals surface area contributed by atoms with Crippen LogP contribution < -0.4 is 10.9 Å². The van der Waals surface area contributed by atoms with Crippen molar-refractivity contribution in [1.82, 2.24) is 14.8 Å². The van der Waals surface area contributed by atoms with Gasteiger partial charge in [0.15, 0.2) is 0 Å². The Hall–Kier alpha value is -1.69. The van der Waals surface area contributed by atoms with Crippen LogP contribution >= 0.6 is 11.3 Å². The molecule has 5 nitrogen and oxygen atoms in total. The number of aryl methyl sites for hydroxylation is 1. The molecule has 2 rings (SSSR count). The summed E-state index contributed by atoms with van der Waals surface area (Å²) in [6.45, 7) is 2.37. The zero-order valence-corrected chi connectivity index (χ0v) is 9.91. The number of anilines is 1. The van der Waals surface area contributed by atoms with Crippen LogP contribution in [0, 0.1) is 6.92 Å². The monoisotopic (exact) mass is 236 g/mol. The highest BCUT2D eigenvalue weighted by atomic mass is 32.1. The molecule has 6 heteroatoms. The highest BCUT2D eigenvalue weighted by Gasteiger charge is 2.04. The number of aromatic nitrogens is 3. The van der Waals surface area contributed by atoms with Crippen molar-refractivity contribution in [1.29, 1.82) is 0 Å². The topological polar surface area (TPSA) is 59.8 Å². The van der Waals surface area contributed by atoms with Crippen LogP contribution in [-0.4, -0.2) is 21.8 Å². The molecule has 2 aromatic rings. The molecule has 0 bridgehead atoms. The molecular formula is C10H12N4OS. The van der Waals surface area contributed by atoms with Crippen molar-refractivity contribution in [3.05, 3.63) is 39.3 Å². The Kier molecular flexibility index (Phi) is 3.00. The third-order valence-electron chi connectivity index (χ3n) is 2.14. The molecule has 0 saturated carbocycles. The van der Waals surface area contributed by atoms with E-state index in [1.807, 2.05) is 13.0 Å². The van der Waals surface area contributed by atoms with Crippen molar-refractivity contribution >= 4 is 16.5 Å². The summed E-state index contributed by atoms with van der Waals surface area (Å²) in [6, 6.07) is 3.52. The van der Waals surface area contributed by atoms with Gasteiger partial charge in [0, 0.05) is 19.3 Å². The second-order valence-corrected chi connectivity index (χ2v) is 4.48. The van der Waals surface area contributed by atoms with Crippen molar-refractivity contribution in [2.24, 2.45) is 0 Å². The minimum absolute atomic E-state index is 0.0128. The molecule has 0 saturated heterocycles. The summed E-state index contributed by atoms with van der Waals surface area (Å²) in [5.74, 6) is 0. The average Bonchev–Trinajstić information content (AvgIpc) is 2.70. The third-order valence-corrected chi connectivity index (χ3v) is 3.06. The number of hydrogen-bond acceptors (Lipinski definition) is 5. The van der Waals surface area contributed by atoms with E-state index in [9.17, 15) is 4.79 Å². The SMILES string of the molecule is CNc1nnc(Cn2ccc(C)cc2=O)s1. The Bertz CT molecular complexity index is 546. The Morgan fingerprint density at radius 2 is 2.31 bits per heavy atom. The van der Waals surface area contributed by atoms with Crippen LogP contribution in [0.1, 0.15) is 10.6 Å². The fraction of sp³-hybridized carbons (Fsp3) is 0.300. The molecule has 0 spiro atoms. The van der Waals surface area contributed by atoms with Crippen molar-refractivity contribution in [3.8, 4) is 0 Å². The standard InChI is InChI=1S/C10H12N4OS/c1-7-3-4-14(9(15)5-7)6-8-12-13-10(11-2)16-8/h3-5H,6H2,1-2H3,(H,11,13). The molecule has 0 aliphatic rings. The van der Waals surface area contributed by atoms with E-state index in [1.54, 1.807) is 23.9 Å². The highest BCUT2D eigenvalue weighted by molar-refractivity contribution is 7.15. The van der Waals surface area contributed by atoms with Gasteiger partial charge in [-0.25, -0.2) is 0 Å². The molecular weight excluding hydrogens is 224 g/mol. The number of rotatable bonds is 3. The maximum Gasteiger partial charge on any atom is 0.251 e. The summed E-state index contributed by atoms with van der Waals surface area (Å²) in [6.07, 6.45) is 1.78. The van der Waals surface area contributed by atoms with Gasteiger partial charge in [0.2, 0.25) is 5.13 Å². The van der Waals surface area contributed by atoms with Crippen molar-refractivity contribution < 1.29 is 0 Å². The van der Waals surface area contributed by atoms with Crippen molar-refractivity contribution in [3.63, 3.8) is 0 Å². The molecule has 0 fully saturated rings. The fourth-order valence-electron chi connectivity index (χ4n) is 1.30. The predicted octanol–water partition coefficient (Wildman–Crippen LogP) is 1.10. The molecule has 0 atom stereocenters. The van der Waals surface area contributed by atoms with Gasteiger partial charge in [-0.2, -0.15) is 0 Å². The number of nitrogens with zero attached hydrogens (tertiary/aromatic N) is 3. The van der Waals surface area contributed by atoms with E-state index in [1.165, 1.54) is 11.3 Å². The molecule has 16 heavy (non-hydrogen) atoms. The molecule has 0 amide bonds. The van der Waals surface area contributed by atoms with Gasteiger partial charge in [-0.3, -0.25) is 4.79 Å². The van der Waals surface area contributed by atoms with Gasteiger partial charge in [-0.1, -0.05) is 11.3 Å². The molecule has 1 N–H and O–H groups in total. The second-order valence-electron chi connectivity index (χ2n) is 3.42. The first-order valence-electron chi connectivity index (χ1n) is 4.86. The lowest BCUT2D eigenvalue weighted by Gasteiger charge is -2.01. The van der Waals surface area contributed by atoms with E-state index >= 15 is 0 Å². The smallest absolute Gasteiger partial charge is 0.251 e. The van der Waals surface area contributed by atoms with Crippen molar-refractivity contribution in [2.45, 2.75) is 13.5 Å². The summed E-state index contributed by atoms with van der Waals surface area (Å²) in [5, 5.41) is 12.4. The minimum atomic E-state index is -0.0128. The zero-order chi connectivity index (χ0) is 11.5. The van der Waals surface area contributed by atoms with Gasteiger partial charge in [-0.15, -0.1) is 10.2 Å². The quantitative estimate of drug-likeness (QED) is 0.867. The van der Waals surface area contributed by atoms with Gasteiger partial charge in [0.05, 0.1) is 6.54 Å². The number of nitrogens with one attached hydrogen (secondary N) is 1. The van der Waals surface area contributed by atoms with Gasteiger partial charge in [0.1, 0.15) is 5.01 Å². The first kappa shape index (κ1) is 10.8. The summed E-state index contributed by atoms with van der Waals surface area (Å²) >= 11 is 1.45. The maximum absolute atomic E-state index is 11.6. The van der Waals surface area contributed by atoms with Crippen LogP contribution in [0.4, 0.5) is 5.13 Å². The molecule has 0 aliphatic carbocycles. The lowest BCUT2D eigenvalue weighted by Crippen LogP contribution is -2.19. The highest BCUT2D eigenvalue weighted by Crippen LogP contribution is 2.14. The second kappa shape index (κ2) is 4.44. The van der Waals surface area contributed by atoms with Gasteiger partial charge >= 0.3 is 0 Å². The van der Waals surface area contributed by atoms with Crippen molar-refractivity contribution in [2.75, 3.05) is 12.4 Å². The van der Waals surface area contributed by atoms with E-state index in [4.69, 9.17) is 0 Å². The minimum Gasteiger partial charge on any atom is -0.363 e. The first-order chi connectivity index (χ1) is 7.69. The van der Waals surface area contributed by atoms with E-state index in [-0.39, 0.29) is 5.56 Å². The lowest BCUT2D eigenvalue weighted by molar-refractivity contribution is 0.742. The Morgan fingerprint density at radius 1 is 1.50 bits per heavy atom. The van der Waals surface area contributed by atoms with Crippen LogP contribution in [0.25, 0.3) is 0 Å². The summed E-state index contributed by atoms with van der Waals surface area (Å²) in [4.78, 5) is 11.6. The molecule has 0 aromatic carbocycles. The van der Waals surface area contributed by atoms with E-state index in [2.05, 4.69) is 15.5 Å². The van der Waals surface area contributed by atoms with E-state index < -0.39 is 0 Å². The molecule has 2 aromatic heterocycles. The Labute approximate surface area is 96.8 Å². The zero-order valence-electron chi connectivity index (χ0n) is 9.10. The van der Waals surface area contributed by atoms with Crippen LogP contribution in [0.2, 0.25) is 0 Å². The van der Waals surface area contributed by atoms with Crippen LogP contribution in [0.3, 0.4) is 0 Å². The molecule has 0 radical (unpaired) electrons. The average molecular weight is 236 g/mol. The molecule has 0 unspecified atom stereocenters. The van der Waals surface area contributed by atoms with Gasteiger partial charge < -0.3 is 9.88 Å². The molecule has 84 valence electrons. The third kappa shape index (κ3) is 2.27. The van der Waals surface area contributed by atoms with Gasteiger partial charge in [0.25, 0.3) is 5.56 Å². The largest absolute Gasteiger partial charge is 0.363 e. The Balaban J connectivity index is 2.23. The number of pyridine rings is 1. The first-order valence-corrected chi connectivity index (χ1v) is 5.68. The molecule has 0 aliphatic heterocycles. The predicted molar refractivity (Wildman–Crippen MR) is 64.0 cm³/mol. The van der Waals surface area contributed by atoms with Crippen LogP contribution in [0.15, 0.2) is 23.1 Å². The Morgan fingerprint density at radius 3 is 2.94 bits per heavy atom.